The Morgan fingerprint density at radius 3 is 2.63 bits per heavy atom. The monoisotopic (exact) mass is 261 g/mol. The van der Waals surface area contributed by atoms with Crippen LogP contribution < -0.4 is 0 Å². The molecule has 0 aliphatic carbocycles. The summed E-state index contributed by atoms with van der Waals surface area (Å²) in [6, 6.07) is 10.3. The highest BCUT2D eigenvalue weighted by Gasteiger charge is 2.40. The Balaban J connectivity index is 1.30. The lowest BCUT2D eigenvalue weighted by Gasteiger charge is -2.25. The third-order valence-electron chi connectivity index (χ3n) is 3.97. The van der Waals surface area contributed by atoms with Gasteiger partial charge in [0.25, 0.3) is 0 Å². The lowest BCUT2D eigenvalue weighted by Crippen LogP contribution is -2.33. The van der Waals surface area contributed by atoms with Gasteiger partial charge in [-0.3, -0.25) is 0 Å². The quantitative estimate of drug-likeness (QED) is 0.735. The normalized spacial score (nSPS) is 27.4. The summed E-state index contributed by atoms with van der Waals surface area (Å²) in [4.78, 5) is 2.53. The molecule has 0 spiro atoms. The van der Waals surface area contributed by atoms with Crippen LogP contribution in [0.15, 0.2) is 30.3 Å². The highest BCUT2D eigenvalue weighted by atomic mass is 16.6. The molecular formula is C16H23NO2. The average molecular weight is 261 g/mol. The maximum Gasteiger partial charge on any atom is 0.109 e. The molecule has 2 atom stereocenters. The van der Waals surface area contributed by atoms with Gasteiger partial charge in [0, 0.05) is 6.54 Å². The van der Waals surface area contributed by atoms with Crippen LogP contribution in [0.5, 0.6) is 0 Å². The predicted octanol–water partition coefficient (Wildman–Crippen LogP) is 2.46. The third-order valence-corrected chi connectivity index (χ3v) is 3.97. The molecule has 0 unspecified atom stereocenters. The molecule has 2 saturated heterocycles. The van der Waals surface area contributed by atoms with Crippen molar-refractivity contribution in [3.63, 3.8) is 0 Å². The average Bonchev–Trinajstić information content (AvgIpc) is 3.19. The first kappa shape index (κ1) is 13.1. The summed E-state index contributed by atoms with van der Waals surface area (Å²) in [6.07, 6.45) is 4.83. The molecule has 104 valence electrons. The van der Waals surface area contributed by atoms with Crippen molar-refractivity contribution in [3.05, 3.63) is 35.9 Å². The van der Waals surface area contributed by atoms with Crippen molar-refractivity contribution >= 4 is 0 Å². The fourth-order valence-electron chi connectivity index (χ4n) is 2.75. The molecule has 3 heteroatoms. The second kappa shape index (κ2) is 6.51. The zero-order valence-electron chi connectivity index (χ0n) is 11.5. The van der Waals surface area contributed by atoms with E-state index in [0.29, 0.717) is 18.8 Å². The number of nitrogens with zero attached hydrogens (tertiary/aromatic N) is 1. The van der Waals surface area contributed by atoms with E-state index in [9.17, 15) is 0 Å². The second-order valence-electron chi connectivity index (χ2n) is 5.57. The van der Waals surface area contributed by atoms with E-state index in [1.165, 1.54) is 37.9 Å². The first-order chi connectivity index (χ1) is 9.42. The number of hydrogen-bond donors (Lipinski definition) is 0. The van der Waals surface area contributed by atoms with Crippen molar-refractivity contribution in [2.24, 2.45) is 0 Å². The summed E-state index contributed by atoms with van der Waals surface area (Å²) in [5.74, 6) is 0. The van der Waals surface area contributed by atoms with Crippen molar-refractivity contribution in [1.29, 1.82) is 0 Å². The van der Waals surface area contributed by atoms with Gasteiger partial charge in [-0.25, -0.2) is 0 Å². The topological polar surface area (TPSA) is 25.0 Å². The van der Waals surface area contributed by atoms with Gasteiger partial charge in [0.1, 0.15) is 6.10 Å². The maximum absolute atomic E-state index is 5.72. The molecule has 3 nitrogen and oxygen atoms in total. The Bertz CT molecular complexity index is 376. The highest BCUT2D eigenvalue weighted by Crippen LogP contribution is 2.25. The number of benzene rings is 1. The van der Waals surface area contributed by atoms with Gasteiger partial charge in [-0.1, -0.05) is 36.8 Å². The molecule has 19 heavy (non-hydrogen) atoms. The number of epoxide rings is 1. The first-order valence-corrected chi connectivity index (χ1v) is 7.41. The molecule has 0 saturated carbocycles. The molecule has 0 bridgehead atoms. The van der Waals surface area contributed by atoms with E-state index < -0.39 is 0 Å². The van der Waals surface area contributed by atoms with Gasteiger partial charge in [-0.15, -0.1) is 0 Å². The molecule has 0 amide bonds. The van der Waals surface area contributed by atoms with Gasteiger partial charge in [0.2, 0.25) is 0 Å². The Labute approximate surface area is 115 Å². The third kappa shape index (κ3) is 4.03. The fraction of sp³-hybridized carbons (Fsp3) is 0.625. The second-order valence-corrected chi connectivity index (χ2v) is 5.57. The van der Waals surface area contributed by atoms with Gasteiger partial charge in [-0.2, -0.15) is 0 Å². The minimum absolute atomic E-state index is 0.325. The van der Waals surface area contributed by atoms with Crippen LogP contribution in [-0.4, -0.2) is 43.3 Å². The van der Waals surface area contributed by atoms with E-state index >= 15 is 0 Å². The van der Waals surface area contributed by atoms with Crippen molar-refractivity contribution in [2.45, 2.75) is 38.1 Å². The number of hydrogen-bond acceptors (Lipinski definition) is 3. The van der Waals surface area contributed by atoms with Crippen molar-refractivity contribution in [1.82, 2.24) is 4.90 Å². The zero-order valence-corrected chi connectivity index (χ0v) is 11.5. The summed E-state index contributed by atoms with van der Waals surface area (Å²) >= 11 is 0. The van der Waals surface area contributed by atoms with Gasteiger partial charge in [-0.05, 0) is 31.5 Å². The predicted molar refractivity (Wildman–Crippen MR) is 75.1 cm³/mol. The van der Waals surface area contributed by atoms with Crippen molar-refractivity contribution in [2.75, 3.05) is 26.2 Å². The Kier molecular flexibility index (Phi) is 4.49. The van der Waals surface area contributed by atoms with Crippen LogP contribution in [0.4, 0.5) is 0 Å². The molecule has 3 rings (SSSR count). The van der Waals surface area contributed by atoms with Crippen molar-refractivity contribution < 1.29 is 9.47 Å². The van der Waals surface area contributed by atoms with Gasteiger partial charge >= 0.3 is 0 Å². The van der Waals surface area contributed by atoms with Gasteiger partial charge in [0.15, 0.2) is 0 Å². The number of rotatable bonds is 6. The van der Waals surface area contributed by atoms with Crippen LogP contribution in [-0.2, 0) is 16.1 Å². The minimum Gasteiger partial charge on any atom is -0.374 e. The van der Waals surface area contributed by atoms with Crippen LogP contribution in [0.2, 0.25) is 0 Å². The molecular weight excluding hydrogens is 238 g/mol. The van der Waals surface area contributed by atoms with Crippen molar-refractivity contribution in [3.8, 4) is 0 Å². The summed E-state index contributed by atoms with van der Waals surface area (Å²) in [5.41, 5.74) is 1.23. The maximum atomic E-state index is 5.72. The summed E-state index contributed by atoms with van der Waals surface area (Å²) < 4.78 is 11.4. The molecule has 1 aromatic rings. The molecule has 2 heterocycles. The van der Waals surface area contributed by atoms with E-state index in [2.05, 4.69) is 17.0 Å². The van der Waals surface area contributed by atoms with Crippen LogP contribution in [0.25, 0.3) is 0 Å². The Morgan fingerprint density at radius 2 is 1.84 bits per heavy atom. The molecule has 2 fully saturated rings. The minimum atomic E-state index is 0.325. The van der Waals surface area contributed by atoms with E-state index in [-0.39, 0.29) is 0 Å². The lowest BCUT2D eigenvalue weighted by molar-refractivity contribution is 0.104. The summed E-state index contributed by atoms with van der Waals surface area (Å²) in [5, 5.41) is 0. The number of ether oxygens (including phenoxy) is 2. The van der Waals surface area contributed by atoms with E-state index in [1.807, 2.05) is 18.2 Å². The molecule has 0 radical (unpaired) electrons. The summed E-state index contributed by atoms with van der Waals surface area (Å²) in [6.45, 7) is 5.01. The Hall–Kier alpha value is -0.900. The SMILES string of the molecule is c1ccc(COC[C@H]2O[C@H]2CN2CCCCC2)cc1. The highest BCUT2D eigenvalue weighted by molar-refractivity contribution is 5.13. The smallest absolute Gasteiger partial charge is 0.109 e. The largest absolute Gasteiger partial charge is 0.374 e. The van der Waals surface area contributed by atoms with Crippen LogP contribution >= 0.6 is 0 Å². The Morgan fingerprint density at radius 1 is 1.05 bits per heavy atom. The van der Waals surface area contributed by atoms with Gasteiger partial charge in [0.05, 0.1) is 19.3 Å². The van der Waals surface area contributed by atoms with Crippen LogP contribution in [0.3, 0.4) is 0 Å². The van der Waals surface area contributed by atoms with Crippen LogP contribution in [0, 0.1) is 0 Å². The van der Waals surface area contributed by atoms with E-state index in [0.717, 1.165) is 13.2 Å². The standard InChI is InChI=1S/C16H23NO2/c1-3-7-14(8-4-1)12-18-13-16-15(19-16)11-17-9-5-2-6-10-17/h1,3-4,7-8,15-16H,2,5-6,9-13H2/t15-,16+/m0/s1. The first-order valence-electron chi connectivity index (χ1n) is 7.41. The van der Waals surface area contributed by atoms with E-state index in [4.69, 9.17) is 9.47 Å². The molecule has 0 aromatic heterocycles. The van der Waals surface area contributed by atoms with Gasteiger partial charge < -0.3 is 14.4 Å². The fourth-order valence-corrected chi connectivity index (χ4v) is 2.75. The zero-order chi connectivity index (χ0) is 12.9. The molecule has 0 N–H and O–H groups in total. The van der Waals surface area contributed by atoms with Crippen LogP contribution in [0.1, 0.15) is 24.8 Å². The lowest BCUT2D eigenvalue weighted by atomic mass is 10.1. The molecule has 1 aromatic carbocycles. The van der Waals surface area contributed by atoms with E-state index in [1.54, 1.807) is 0 Å². The number of likely N-dealkylation sites (tertiary alicyclic amines) is 1. The molecule has 2 aliphatic heterocycles. The summed E-state index contributed by atoms with van der Waals surface area (Å²) in [7, 11) is 0. The molecule has 2 aliphatic rings. The number of piperidine rings is 1.